The van der Waals surface area contributed by atoms with Crippen LogP contribution in [-0.2, 0) is 4.79 Å². The number of benzene rings is 1. The average Bonchev–Trinajstić information content (AvgIpc) is 3.50. The number of rotatable bonds is 7. The zero-order valence-corrected chi connectivity index (χ0v) is 20.6. The summed E-state index contributed by atoms with van der Waals surface area (Å²) in [6.45, 7) is 9.01. The van der Waals surface area contributed by atoms with Gasteiger partial charge in [-0.3, -0.25) is 14.6 Å². The second kappa shape index (κ2) is 10.5. The van der Waals surface area contributed by atoms with Gasteiger partial charge in [-0.25, -0.2) is 0 Å². The van der Waals surface area contributed by atoms with Gasteiger partial charge in [0.15, 0.2) is 0 Å². The minimum absolute atomic E-state index is 0.0169. The molecule has 2 bridgehead atoms. The van der Waals surface area contributed by atoms with Crippen LogP contribution in [0.1, 0.15) is 50.1 Å². The number of carbonyl (C=O) groups excluding carboxylic acids is 1. The van der Waals surface area contributed by atoms with Crippen molar-refractivity contribution in [3.63, 3.8) is 0 Å². The Hall–Kier alpha value is -2.37. The van der Waals surface area contributed by atoms with E-state index in [0.717, 1.165) is 57.7 Å². The third kappa shape index (κ3) is 4.73. The first-order chi connectivity index (χ1) is 16.7. The van der Waals surface area contributed by atoms with E-state index in [0.29, 0.717) is 18.0 Å². The summed E-state index contributed by atoms with van der Waals surface area (Å²) in [4.78, 5) is 20.4. The molecule has 182 valence electrons. The number of allylic oxidation sites excluding steroid dienone is 1. The summed E-state index contributed by atoms with van der Waals surface area (Å²) in [6, 6.07) is 9.88. The molecule has 1 amide bonds. The van der Waals surface area contributed by atoms with Gasteiger partial charge in [0.2, 0.25) is 5.91 Å². The van der Waals surface area contributed by atoms with Crippen LogP contribution in [0, 0.1) is 5.92 Å². The van der Waals surface area contributed by atoms with E-state index in [1.807, 2.05) is 12.1 Å². The molecule has 0 saturated carbocycles. The number of likely N-dealkylation sites (tertiary alicyclic amines) is 2. The van der Waals surface area contributed by atoms with Crippen LogP contribution in [0.5, 0.6) is 5.75 Å². The van der Waals surface area contributed by atoms with Crippen LogP contribution in [0.2, 0.25) is 0 Å². The normalized spacial score (nSPS) is 28.4. The molecular weight excluding hydrogens is 422 g/mol. The highest BCUT2D eigenvalue weighted by Gasteiger charge is 2.42. The molecule has 5 nitrogen and oxygen atoms in total. The maximum atomic E-state index is 13.0. The molecule has 1 aromatic carbocycles. The van der Waals surface area contributed by atoms with E-state index < -0.39 is 0 Å². The Balaban J connectivity index is 1.43. The fourth-order valence-corrected chi connectivity index (χ4v) is 6.49. The van der Waals surface area contributed by atoms with Crippen molar-refractivity contribution in [1.29, 1.82) is 0 Å². The molecule has 0 aromatic heterocycles. The van der Waals surface area contributed by atoms with E-state index in [9.17, 15) is 4.79 Å². The molecule has 4 atom stereocenters. The lowest BCUT2D eigenvalue weighted by atomic mass is 9.87. The van der Waals surface area contributed by atoms with Crippen molar-refractivity contribution in [2.45, 2.75) is 56.7 Å². The van der Waals surface area contributed by atoms with Gasteiger partial charge >= 0.3 is 0 Å². The minimum atomic E-state index is -0.0169. The third-order valence-electron chi connectivity index (χ3n) is 8.20. The van der Waals surface area contributed by atoms with Crippen molar-refractivity contribution >= 4 is 5.91 Å². The summed E-state index contributed by atoms with van der Waals surface area (Å²) in [7, 11) is 1.74. The number of carbonyl (C=O) groups is 1. The van der Waals surface area contributed by atoms with E-state index in [1.54, 1.807) is 7.11 Å². The second-order valence-electron chi connectivity index (χ2n) is 10.3. The molecule has 4 unspecified atom stereocenters. The Morgan fingerprint density at radius 1 is 1.18 bits per heavy atom. The molecule has 1 aromatic rings. The smallest absolute Gasteiger partial charge is 0.229 e. The molecule has 3 saturated heterocycles. The van der Waals surface area contributed by atoms with Crippen molar-refractivity contribution in [1.82, 2.24) is 14.7 Å². The summed E-state index contributed by atoms with van der Waals surface area (Å²) in [5.74, 6) is 1.19. The molecule has 3 heterocycles. The highest BCUT2D eigenvalue weighted by atomic mass is 16.5. The molecule has 1 aliphatic carbocycles. The lowest BCUT2D eigenvalue weighted by Gasteiger charge is -2.38. The van der Waals surface area contributed by atoms with Gasteiger partial charge in [0.05, 0.1) is 19.1 Å². The zero-order chi connectivity index (χ0) is 23.5. The predicted molar refractivity (Wildman–Crippen MR) is 137 cm³/mol. The SMILES string of the molecule is C=CCN1CCC2CCC(C1)N2C(C1=CCC(C(=O)N2CCCC2)C=C1)c1cccc(OC)c1. The molecule has 34 heavy (non-hydrogen) atoms. The van der Waals surface area contributed by atoms with E-state index >= 15 is 0 Å². The van der Waals surface area contributed by atoms with E-state index in [-0.39, 0.29) is 12.0 Å². The standard InChI is InChI=1S/C29H39N3O2/c1-3-16-30-19-15-25-13-14-26(21-30)32(25)28(24-7-6-8-27(20-24)34-2)22-9-11-23(12-10-22)29(33)31-17-4-5-18-31/h3,6-11,20,23,25-26,28H,1,4-5,12-19,21H2,2H3. The lowest BCUT2D eigenvalue weighted by Crippen LogP contribution is -2.42. The molecule has 3 aliphatic heterocycles. The Morgan fingerprint density at radius 3 is 2.74 bits per heavy atom. The maximum absolute atomic E-state index is 13.0. The van der Waals surface area contributed by atoms with Crippen molar-refractivity contribution < 1.29 is 9.53 Å². The number of ether oxygens (including phenoxy) is 1. The van der Waals surface area contributed by atoms with Gasteiger partial charge in [-0.1, -0.05) is 36.4 Å². The van der Waals surface area contributed by atoms with Gasteiger partial charge in [-0.15, -0.1) is 6.58 Å². The van der Waals surface area contributed by atoms with Crippen molar-refractivity contribution in [3.05, 3.63) is 66.3 Å². The van der Waals surface area contributed by atoms with Crippen LogP contribution in [0.25, 0.3) is 0 Å². The maximum Gasteiger partial charge on any atom is 0.229 e. The van der Waals surface area contributed by atoms with Gasteiger partial charge < -0.3 is 9.64 Å². The van der Waals surface area contributed by atoms with Crippen molar-refractivity contribution in [2.24, 2.45) is 5.92 Å². The molecular formula is C29H39N3O2. The molecule has 0 radical (unpaired) electrons. The summed E-state index contributed by atoms with van der Waals surface area (Å²) in [6.07, 6.45) is 15.6. The van der Waals surface area contributed by atoms with E-state index in [1.165, 1.54) is 30.4 Å². The average molecular weight is 462 g/mol. The highest BCUT2D eigenvalue weighted by molar-refractivity contribution is 5.81. The van der Waals surface area contributed by atoms with Crippen LogP contribution < -0.4 is 4.74 Å². The van der Waals surface area contributed by atoms with Gasteiger partial charge in [0.1, 0.15) is 5.75 Å². The van der Waals surface area contributed by atoms with Crippen molar-refractivity contribution in [2.75, 3.05) is 39.8 Å². The van der Waals surface area contributed by atoms with Gasteiger partial charge in [0, 0.05) is 44.8 Å². The minimum Gasteiger partial charge on any atom is -0.497 e. The number of amides is 1. The monoisotopic (exact) mass is 461 g/mol. The van der Waals surface area contributed by atoms with Gasteiger partial charge in [0.25, 0.3) is 0 Å². The topological polar surface area (TPSA) is 36.0 Å². The van der Waals surface area contributed by atoms with Gasteiger partial charge in [-0.05, 0) is 61.8 Å². The number of nitrogens with zero attached hydrogens (tertiary/aromatic N) is 3. The molecule has 3 fully saturated rings. The fourth-order valence-electron chi connectivity index (χ4n) is 6.49. The number of hydrogen-bond donors (Lipinski definition) is 0. The second-order valence-corrected chi connectivity index (χ2v) is 10.3. The Kier molecular flexibility index (Phi) is 7.21. The summed E-state index contributed by atoms with van der Waals surface area (Å²) < 4.78 is 5.60. The van der Waals surface area contributed by atoms with Crippen LogP contribution in [0.4, 0.5) is 0 Å². The fraction of sp³-hybridized carbons (Fsp3) is 0.552. The predicted octanol–water partition coefficient (Wildman–Crippen LogP) is 4.59. The van der Waals surface area contributed by atoms with Gasteiger partial charge in [-0.2, -0.15) is 0 Å². The first kappa shape index (κ1) is 23.4. The number of methoxy groups -OCH3 is 1. The molecule has 5 heteroatoms. The van der Waals surface area contributed by atoms with Crippen LogP contribution in [-0.4, -0.2) is 72.5 Å². The van der Waals surface area contributed by atoms with Crippen molar-refractivity contribution in [3.8, 4) is 5.75 Å². The Labute approximate surface area is 204 Å². The third-order valence-corrected chi connectivity index (χ3v) is 8.20. The van der Waals surface area contributed by atoms with Crippen LogP contribution >= 0.6 is 0 Å². The molecule has 5 rings (SSSR count). The van der Waals surface area contributed by atoms with E-state index in [2.05, 4.69) is 57.7 Å². The van der Waals surface area contributed by atoms with Crippen LogP contribution in [0.3, 0.4) is 0 Å². The molecule has 4 aliphatic rings. The summed E-state index contributed by atoms with van der Waals surface area (Å²) in [5.41, 5.74) is 2.61. The quantitative estimate of drug-likeness (QED) is 0.557. The number of hydrogen-bond acceptors (Lipinski definition) is 4. The van der Waals surface area contributed by atoms with Crippen LogP contribution in [0.15, 0.2) is 60.7 Å². The lowest BCUT2D eigenvalue weighted by molar-refractivity contribution is -0.132. The Bertz CT molecular complexity index is 948. The summed E-state index contributed by atoms with van der Waals surface area (Å²) >= 11 is 0. The Morgan fingerprint density at radius 2 is 2.00 bits per heavy atom. The number of fused-ring (bicyclic) bond motifs is 2. The zero-order valence-electron chi connectivity index (χ0n) is 20.6. The highest BCUT2D eigenvalue weighted by Crippen LogP contribution is 2.43. The largest absolute Gasteiger partial charge is 0.497 e. The first-order valence-electron chi connectivity index (χ1n) is 13.1. The first-order valence-corrected chi connectivity index (χ1v) is 13.1. The van der Waals surface area contributed by atoms with E-state index in [4.69, 9.17) is 4.74 Å². The molecule has 0 spiro atoms. The summed E-state index contributed by atoms with van der Waals surface area (Å²) in [5, 5.41) is 0. The molecule has 0 N–H and O–H groups in total.